The third-order valence-corrected chi connectivity index (χ3v) is 5.32. The maximum absolute atomic E-state index is 12.4. The van der Waals surface area contributed by atoms with Crippen LogP contribution in [-0.2, 0) is 16.4 Å². The van der Waals surface area contributed by atoms with E-state index in [4.69, 9.17) is 14.2 Å². The Morgan fingerprint density at radius 3 is 2.19 bits per heavy atom. The highest BCUT2D eigenvalue weighted by molar-refractivity contribution is 7.89. The number of aromatic carboxylic acids is 1. The zero-order chi connectivity index (χ0) is 20.0. The molecule has 0 aliphatic carbocycles. The lowest BCUT2D eigenvalue weighted by Crippen LogP contribution is -2.26. The number of carboxylic acids is 1. The summed E-state index contributed by atoms with van der Waals surface area (Å²) in [6.07, 6.45) is 0.418. The quantitative estimate of drug-likeness (QED) is 0.667. The van der Waals surface area contributed by atoms with Crippen molar-refractivity contribution in [2.75, 3.05) is 27.9 Å². The average Bonchev–Trinajstić information content (AvgIpc) is 2.66. The summed E-state index contributed by atoms with van der Waals surface area (Å²) in [7, 11) is 0.508. The molecule has 0 aliphatic heterocycles. The minimum Gasteiger partial charge on any atom is -0.496 e. The standard InChI is InChI=1S/C18H21NO7S/c1-24-15-7-5-13(11-14(15)18(20)21)27(22,23)19-9-8-12-4-6-16(25-2)17(10-12)26-3/h4-7,10-11,19H,8-9H2,1-3H3,(H,20,21). The Bertz CT molecular complexity index is 925. The Balaban J connectivity index is 2.11. The summed E-state index contributed by atoms with van der Waals surface area (Å²) in [5.41, 5.74) is 0.636. The van der Waals surface area contributed by atoms with Gasteiger partial charge < -0.3 is 19.3 Å². The molecule has 146 valence electrons. The molecule has 0 atom stereocenters. The van der Waals surface area contributed by atoms with Gasteiger partial charge in [0, 0.05) is 6.54 Å². The van der Waals surface area contributed by atoms with Gasteiger partial charge in [-0.3, -0.25) is 0 Å². The van der Waals surface area contributed by atoms with E-state index in [2.05, 4.69) is 4.72 Å². The van der Waals surface area contributed by atoms with Crippen LogP contribution in [0.2, 0.25) is 0 Å². The summed E-state index contributed by atoms with van der Waals surface area (Å²) >= 11 is 0. The van der Waals surface area contributed by atoms with Crippen molar-refractivity contribution in [2.24, 2.45) is 0 Å². The fourth-order valence-corrected chi connectivity index (χ4v) is 3.53. The molecule has 0 radical (unpaired) electrons. The van der Waals surface area contributed by atoms with Crippen LogP contribution in [0.4, 0.5) is 0 Å². The lowest BCUT2D eigenvalue weighted by molar-refractivity contribution is 0.0693. The van der Waals surface area contributed by atoms with Gasteiger partial charge in [-0.15, -0.1) is 0 Å². The summed E-state index contributed by atoms with van der Waals surface area (Å²) in [5, 5.41) is 9.19. The molecule has 27 heavy (non-hydrogen) atoms. The SMILES string of the molecule is COc1ccc(CCNS(=O)(=O)c2ccc(OC)c(C(=O)O)c2)cc1OC. The topological polar surface area (TPSA) is 111 Å². The predicted octanol–water partition coefficient (Wildman–Crippen LogP) is 1.93. The van der Waals surface area contributed by atoms with Crippen LogP contribution >= 0.6 is 0 Å². The van der Waals surface area contributed by atoms with Crippen LogP contribution in [0, 0.1) is 0 Å². The molecule has 0 fully saturated rings. The Labute approximate surface area is 157 Å². The van der Waals surface area contributed by atoms with E-state index in [-0.39, 0.29) is 22.8 Å². The molecule has 0 heterocycles. The molecule has 2 aromatic rings. The van der Waals surface area contributed by atoms with Crippen molar-refractivity contribution in [1.82, 2.24) is 4.72 Å². The number of benzene rings is 2. The van der Waals surface area contributed by atoms with E-state index >= 15 is 0 Å². The summed E-state index contributed by atoms with van der Waals surface area (Å²) in [4.78, 5) is 11.1. The number of ether oxygens (including phenoxy) is 3. The van der Waals surface area contributed by atoms with Crippen LogP contribution in [0.15, 0.2) is 41.3 Å². The van der Waals surface area contributed by atoms with Crippen molar-refractivity contribution < 1.29 is 32.5 Å². The third-order valence-electron chi connectivity index (χ3n) is 3.87. The van der Waals surface area contributed by atoms with Crippen molar-refractivity contribution >= 4 is 16.0 Å². The highest BCUT2D eigenvalue weighted by atomic mass is 32.2. The number of sulfonamides is 1. The zero-order valence-electron chi connectivity index (χ0n) is 15.2. The number of nitrogens with one attached hydrogen (secondary N) is 1. The van der Waals surface area contributed by atoms with Gasteiger partial charge in [-0.05, 0) is 42.3 Å². The fraction of sp³-hybridized carbons (Fsp3) is 0.278. The fourth-order valence-electron chi connectivity index (χ4n) is 2.47. The third kappa shape index (κ3) is 4.89. The first kappa shape index (κ1) is 20.5. The van der Waals surface area contributed by atoms with Crippen molar-refractivity contribution in [2.45, 2.75) is 11.3 Å². The molecule has 2 aromatic carbocycles. The first-order valence-electron chi connectivity index (χ1n) is 7.94. The van der Waals surface area contributed by atoms with E-state index < -0.39 is 16.0 Å². The summed E-state index contributed by atoms with van der Waals surface area (Å²) in [6, 6.07) is 9.00. The lowest BCUT2D eigenvalue weighted by atomic mass is 10.1. The number of hydrogen-bond acceptors (Lipinski definition) is 6. The maximum Gasteiger partial charge on any atom is 0.339 e. The van der Waals surface area contributed by atoms with E-state index in [0.717, 1.165) is 11.6 Å². The van der Waals surface area contributed by atoms with Gasteiger partial charge in [0.2, 0.25) is 10.0 Å². The molecule has 9 heteroatoms. The van der Waals surface area contributed by atoms with E-state index in [0.29, 0.717) is 17.9 Å². The van der Waals surface area contributed by atoms with Crippen LogP contribution in [0.1, 0.15) is 15.9 Å². The molecule has 2 N–H and O–H groups in total. The van der Waals surface area contributed by atoms with Gasteiger partial charge in [-0.2, -0.15) is 0 Å². The first-order chi connectivity index (χ1) is 12.8. The molecule has 0 saturated heterocycles. The van der Waals surface area contributed by atoms with Crippen molar-refractivity contribution in [3.8, 4) is 17.2 Å². The van der Waals surface area contributed by atoms with Crippen LogP contribution in [-0.4, -0.2) is 47.4 Å². The molecular formula is C18H21NO7S. The van der Waals surface area contributed by atoms with Crippen molar-refractivity contribution in [1.29, 1.82) is 0 Å². The van der Waals surface area contributed by atoms with E-state index in [1.807, 2.05) is 6.07 Å². The number of hydrogen-bond donors (Lipinski definition) is 2. The smallest absolute Gasteiger partial charge is 0.339 e. The monoisotopic (exact) mass is 395 g/mol. The molecule has 2 rings (SSSR count). The number of carbonyl (C=O) groups is 1. The highest BCUT2D eigenvalue weighted by Crippen LogP contribution is 2.27. The van der Waals surface area contributed by atoms with Gasteiger partial charge >= 0.3 is 5.97 Å². The second-order valence-corrected chi connectivity index (χ2v) is 7.27. The molecular weight excluding hydrogens is 374 g/mol. The number of carboxylic acid groups (broad SMARTS) is 1. The van der Waals surface area contributed by atoms with Crippen LogP contribution in [0.25, 0.3) is 0 Å². The molecule has 8 nitrogen and oxygen atoms in total. The van der Waals surface area contributed by atoms with E-state index in [9.17, 15) is 18.3 Å². The van der Waals surface area contributed by atoms with Gasteiger partial charge in [-0.1, -0.05) is 6.07 Å². The summed E-state index contributed by atoms with van der Waals surface area (Å²) in [5.74, 6) is -0.0404. The predicted molar refractivity (Wildman–Crippen MR) is 98.4 cm³/mol. The average molecular weight is 395 g/mol. The minimum atomic E-state index is -3.86. The van der Waals surface area contributed by atoms with Crippen molar-refractivity contribution in [3.05, 3.63) is 47.5 Å². The van der Waals surface area contributed by atoms with Crippen LogP contribution in [0.3, 0.4) is 0 Å². The van der Waals surface area contributed by atoms with Gasteiger partial charge in [-0.25, -0.2) is 17.9 Å². The number of rotatable bonds is 9. The normalized spacial score (nSPS) is 11.1. The Morgan fingerprint density at radius 1 is 0.963 bits per heavy atom. The molecule has 0 spiro atoms. The highest BCUT2D eigenvalue weighted by Gasteiger charge is 2.19. The Kier molecular flexibility index (Phi) is 6.65. The Morgan fingerprint density at radius 2 is 1.59 bits per heavy atom. The maximum atomic E-state index is 12.4. The first-order valence-corrected chi connectivity index (χ1v) is 9.42. The second-order valence-electron chi connectivity index (χ2n) is 5.50. The summed E-state index contributed by atoms with van der Waals surface area (Å²) in [6.45, 7) is 0.131. The van der Waals surface area contributed by atoms with Gasteiger partial charge in [0.1, 0.15) is 11.3 Å². The molecule has 0 unspecified atom stereocenters. The van der Waals surface area contributed by atoms with Crippen molar-refractivity contribution in [3.63, 3.8) is 0 Å². The lowest BCUT2D eigenvalue weighted by Gasteiger charge is -2.11. The number of methoxy groups -OCH3 is 3. The molecule has 0 aliphatic rings. The van der Waals surface area contributed by atoms with E-state index in [1.165, 1.54) is 33.5 Å². The van der Waals surface area contributed by atoms with E-state index in [1.54, 1.807) is 12.1 Å². The van der Waals surface area contributed by atoms with Crippen LogP contribution < -0.4 is 18.9 Å². The van der Waals surface area contributed by atoms with Gasteiger partial charge in [0.15, 0.2) is 11.5 Å². The van der Waals surface area contributed by atoms with Gasteiger partial charge in [0.05, 0.1) is 26.2 Å². The largest absolute Gasteiger partial charge is 0.496 e. The minimum absolute atomic E-state index is 0.0896. The zero-order valence-corrected chi connectivity index (χ0v) is 16.0. The summed E-state index contributed by atoms with van der Waals surface area (Å²) < 4.78 is 42.6. The molecule has 0 aromatic heterocycles. The molecule has 0 bridgehead atoms. The van der Waals surface area contributed by atoms with Gasteiger partial charge in [0.25, 0.3) is 0 Å². The second kappa shape index (κ2) is 8.74. The molecule has 0 amide bonds. The Hall–Kier alpha value is -2.78. The molecule has 0 saturated carbocycles. The van der Waals surface area contributed by atoms with Crippen LogP contribution in [0.5, 0.6) is 17.2 Å².